The van der Waals surface area contributed by atoms with Crippen LogP contribution in [0.3, 0.4) is 0 Å². The predicted molar refractivity (Wildman–Crippen MR) is 92.3 cm³/mol. The Morgan fingerprint density at radius 3 is 2.65 bits per heavy atom. The third-order valence-corrected chi connectivity index (χ3v) is 5.97. The summed E-state index contributed by atoms with van der Waals surface area (Å²) in [7, 11) is 0. The second-order valence-electron chi connectivity index (χ2n) is 5.27. The predicted octanol–water partition coefficient (Wildman–Crippen LogP) is 4.52. The van der Waals surface area contributed by atoms with Crippen LogP contribution in [0.25, 0.3) is 11.4 Å². The summed E-state index contributed by atoms with van der Waals surface area (Å²) in [5, 5.41) is 9.65. The third-order valence-electron chi connectivity index (χ3n) is 3.72. The van der Waals surface area contributed by atoms with Gasteiger partial charge in [0.25, 0.3) is 0 Å². The molecule has 1 aromatic heterocycles. The number of benzene rings is 2. The largest absolute Gasteiger partial charge is 0.297 e. The smallest absolute Gasteiger partial charge is 0.191 e. The van der Waals surface area contributed by atoms with E-state index in [0.29, 0.717) is 6.04 Å². The average molecular weight is 343 g/mol. The Kier molecular flexibility index (Phi) is 4.10. The van der Waals surface area contributed by atoms with Crippen LogP contribution in [0.4, 0.5) is 4.39 Å². The maximum atomic E-state index is 13.0. The number of aromatic nitrogens is 3. The summed E-state index contributed by atoms with van der Waals surface area (Å²) in [5.41, 5.74) is 1.09. The van der Waals surface area contributed by atoms with Crippen molar-refractivity contribution in [3.8, 4) is 11.4 Å². The number of hydrogen-bond acceptors (Lipinski definition) is 4. The lowest BCUT2D eigenvalue weighted by Gasteiger charge is -2.14. The van der Waals surface area contributed by atoms with E-state index in [0.717, 1.165) is 32.9 Å². The molecular weight excluding hydrogens is 329 g/mol. The van der Waals surface area contributed by atoms with Gasteiger partial charge >= 0.3 is 0 Å². The summed E-state index contributed by atoms with van der Waals surface area (Å²) >= 11 is 3.49. The lowest BCUT2D eigenvalue weighted by atomic mass is 10.2. The van der Waals surface area contributed by atoms with Crippen molar-refractivity contribution in [2.24, 2.45) is 0 Å². The van der Waals surface area contributed by atoms with Crippen LogP contribution in [0.5, 0.6) is 0 Å². The van der Waals surface area contributed by atoms with Gasteiger partial charge in [0.05, 0.1) is 6.04 Å². The molecule has 0 aliphatic carbocycles. The van der Waals surface area contributed by atoms with Crippen molar-refractivity contribution < 1.29 is 4.39 Å². The highest BCUT2D eigenvalue weighted by Gasteiger charge is 2.28. The van der Waals surface area contributed by atoms with Crippen LogP contribution in [0.1, 0.15) is 6.04 Å². The Labute approximate surface area is 142 Å². The van der Waals surface area contributed by atoms with Gasteiger partial charge in [-0.15, -0.1) is 22.0 Å². The Hall–Kier alpha value is -1.79. The number of hydrogen-bond donors (Lipinski definition) is 0. The zero-order chi connectivity index (χ0) is 15.6. The van der Waals surface area contributed by atoms with Gasteiger partial charge in [-0.25, -0.2) is 4.39 Å². The standard InChI is InChI=1S/C17H14FN3S2/c18-13-6-8-15(9-7-13)22-10-14-11-23-17-20-19-16(21(14)17)12-4-2-1-3-5-12/h1-9,14H,10-11H2. The molecule has 1 aliphatic rings. The molecule has 1 atom stereocenters. The van der Waals surface area contributed by atoms with Gasteiger partial charge in [-0.05, 0) is 24.3 Å². The lowest BCUT2D eigenvalue weighted by molar-refractivity contribution is 0.597. The first kappa shape index (κ1) is 14.8. The van der Waals surface area contributed by atoms with Gasteiger partial charge in [-0.1, -0.05) is 42.1 Å². The average Bonchev–Trinajstić information content (AvgIpc) is 3.17. The molecule has 0 spiro atoms. The molecule has 4 rings (SSSR count). The summed E-state index contributed by atoms with van der Waals surface area (Å²) in [6, 6.07) is 17.2. The molecular formula is C17H14FN3S2. The fourth-order valence-corrected chi connectivity index (χ4v) is 4.79. The quantitative estimate of drug-likeness (QED) is 0.652. The normalized spacial score (nSPS) is 16.5. The van der Waals surface area contributed by atoms with Crippen molar-refractivity contribution in [1.82, 2.24) is 14.8 Å². The molecule has 6 heteroatoms. The molecule has 1 unspecified atom stereocenters. The topological polar surface area (TPSA) is 30.7 Å². The molecule has 0 amide bonds. The summed E-state index contributed by atoms with van der Waals surface area (Å²) in [4.78, 5) is 1.08. The molecule has 0 fully saturated rings. The van der Waals surface area contributed by atoms with Crippen molar-refractivity contribution in [1.29, 1.82) is 0 Å². The zero-order valence-electron chi connectivity index (χ0n) is 12.2. The number of rotatable bonds is 4. The van der Waals surface area contributed by atoms with E-state index in [2.05, 4.69) is 26.9 Å². The lowest BCUT2D eigenvalue weighted by Crippen LogP contribution is -2.11. The van der Waals surface area contributed by atoms with E-state index in [1.807, 2.05) is 30.3 Å². The molecule has 3 nitrogen and oxygen atoms in total. The second kappa shape index (κ2) is 6.37. The van der Waals surface area contributed by atoms with Crippen LogP contribution in [0, 0.1) is 5.82 Å². The molecule has 2 heterocycles. The SMILES string of the molecule is Fc1ccc(SCC2CSc3nnc(-c4ccccc4)n32)cc1. The molecule has 0 saturated heterocycles. The molecule has 3 aromatic rings. The Bertz CT molecular complexity index is 802. The van der Waals surface area contributed by atoms with E-state index in [1.165, 1.54) is 12.1 Å². The minimum absolute atomic E-state index is 0.196. The van der Waals surface area contributed by atoms with Gasteiger partial charge in [0, 0.05) is 22.0 Å². The van der Waals surface area contributed by atoms with Gasteiger partial charge in [0.1, 0.15) is 5.82 Å². The van der Waals surface area contributed by atoms with E-state index < -0.39 is 0 Å². The minimum atomic E-state index is -0.196. The monoisotopic (exact) mass is 343 g/mol. The zero-order valence-corrected chi connectivity index (χ0v) is 13.9. The van der Waals surface area contributed by atoms with Crippen molar-refractivity contribution in [2.45, 2.75) is 16.1 Å². The van der Waals surface area contributed by atoms with Crippen LogP contribution >= 0.6 is 23.5 Å². The van der Waals surface area contributed by atoms with E-state index in [4.69, 9.17) is 0 Å². The highest BCUT2D eigenvalue weighted by Crippen LogP contribution is 2.38. The molecule has 1 aliphatic heterocycles. The summed E-state index contributed by atoms with van der Waals surface area (Å²) in [6.07, 6.45) is 0. The van der Waals surface area contributed by atoms with Crippen LogP contribution in [0.15, 0.2) is 64.6 Å². The Morgan fingerprint density at radius 2 is 1.87 bits per heavy atom. The minimum Gasteiger partial charge on any atom is -0.297 e. The number of fused-ring (bicyclic) bond motifs is 1. The van der Waals surface area contributed by atoms with Gasteiger partial charge < -0.3 is 0 Å². The summed E-state index contributed by atoms with van der Waals surface area (Å²) in [6.45, 7) is 0. The van der Waals surface area contributed by atoms with E-state index in [9.17, 15) is 4.39 Å². The highest BCUT2D eigenvalue weighted by molar-refractivity contribution is 8.00. The van der Waals surface area contributed by atoms with Crippen molar-refractivity contribution >= 4 is 23.5 Å². The first-order chi connectivity index (χ1) is 11.3. The van der Waals surface area contributed by atoms with E-state index >= 15 is 0 Å². The first-order valence-electron chi connectivity index (χ1n) is 7.33. The summed E-state index contributed by atoms with van der Waals surface area (Å²) < 4.78 is 15.2. The van der Waals surface area contributed by atoms with Crippen molar-refractivity contribution in [3.63, 3.8) is 0 Å². The van der Waals surface area contributed by atoms with Gasteiger partial charge in [0.15, 0.2) is 11.0 Å². The molecule has 0 N–H and O–H groups in total. The molecule has 23 heavy (non-hydrogen) atoms. The molecule has 116 valence electrons. The molecule has 0 radical (unpaired) electrons. The molecule has 0 bridgehead atoms. The third kappa shape index (κ3) is 3.01. The Morgan fingerprint density at radius 1 is 1.09 bits per heavy atom. The number of thioether (sulfide) groups is 2. The van der Waals surface area contributed by atoms with Crippen LogP contribution in [-0.2, 0) is 0 Å². The molecule has 2 aromatic carbocycles. The van der Waals surface area contributed by atoms with Gasteiger partial charge in [0.2, 0.25) is 0 Å². The fourth-order valence-electron chi connectivity index (χ4n) is 2.58. The van der Waals surface area contributed by atoms with E-state index in [1.54, 1.807) is 23.5 Å². The highest BCUT2D eigenvalue weighted by atomic mass is 32.2. The maximum absolute atomic E-state index is 13.0. The molecule has 0 saturated carbocycles. The van der Waals surface area contributed by atoms with Gasteiger partial charge in [-0.3, -0.25) is 4.57 Å². The van der Waals surface area contributed by atoms with Crippen LogP contribution in [-0.4, -0.2) is 26.3 Å². The Balaban J connectivity index is 1.55. The van der Waals surface area contributed by atoms with E-state index in [-0.39, 0.29) is 5.82 Å². The van der Waals surface area contributed by atoms with Crippen molar-refractivity contribution in [3.05, 3.63) is 60.4 Å². The van der Waals surface area contributed by atoms with Gasteiger partial charge in [-0.2, -0.15) is 0 Å². The second-order valence-corrected chi connectivity index (χ2v) is 7.35. The summed E-state index contributed by atoms with van der Waals surface area (Å²) in [5.74, 6) is 2.65. The number of nitrogens with zero attached hydrogens (tertiary/aromatic N) is 3. The van der Waals surface area contributed by atoms with Crippen LogP contribution < -0.4 is 0 Å². The first-order valence-corrected chi connectivity index (χ1v) is 9.30. The number of halogens is 1. The van der Waals surface area contributed by atoms with Crippen molar-refractivity contribution in [2.75, 3.05) is 11.5 Å². The van der Waals surface area contributed by atoms with Crippen LogP contribution in [0.2, 0.25) is 0 Å². The fraction of sp³-hybridized carbons (Fsp3) is 0.176. The maximum Gasteiger partial charge on any atom is 0.191 e.